The lowest BCUT2D eigenvalue weighted by molar-refractivity contribution is -0.991. The van der Waals surface area contributed by atoms with E-state index < -0.39 is 5.23 Å². The number of aromatic nitrogens is 1. The first-order valence-electron chi connectivity index (χ1n) is 9.88. The Morgan fingerprint density at radius 3 is 2.86 bits per heavy atom. The highest BCUT2D eigenvalue weighted by Gasteiger charge is 2.49. The van der Waals surface area contributed by atoms with E-state index in [4.69, 9.17) is 4.74 Å². The molecule has 0 aliphatic carbocycles. The van der Waals surface area contributed by atoms with Gasteiger partial charge in [-0.25, -0.2) is 5.21 Å². The number of carbonyl (C=O) groups excluding carboxylic acids is 1. The molecule has 2 bridgehead atoms. The van der Waals surface area contributed by atoms with Gasteiger partial charge >= 0.3 is 5.97 Å². The quantitative estimate of drug-likeness (QED) is 0.568. The van der Waals surface area contributed by atoms with Crippen molar-refractivity contribution >= 4 is 17.3 Å². The molecule has 5 rings (SSSR count). The molecule has 2 N–H and O–H groups in total. The number of fused-ring (bicyclic) bond motifs is 8. The smallest absolute Gasteiger partial charge is 0.311 e. The van der Waals surface area contributed by atoms with E-state index in [2.05, 4.69) is 4.90 Å². The van der Waals surface area contributed by atoms with Gasteiger partial charge in [-0.3, -0.25) is 9.59 Å². The molecule has 0 radical (unpaired) electrons. The summed E-state index contributed by atoms with van der Waals surface area (Å²) >= 11 is 0. The highest BCUT2D eigenvalue weighted by molar-refractivity contribution is 5.77. The third-order valence-corrected chi connectivity index (χ3v) is 6.76. The normalized spacial score (nSPS) is 28.0. The standard InChI is InChI=1S/C21H23N3O5/c1-29-21(26)16-9-12-8-15(24(27)28)5-6-18(12)23-10-13-7-14(20(16)23)11-22-17(13)3-2-4-19(22)25/h2-6,8,13-14,16,20,24,27H,7,9-11H2,1H3. The van der Waals surface area contributed by atoms with Crippen LogP contribution in [-0.2, 0) is 22.5 Å². The number of quaternary nitrogens is 1. The minimum atomic E-state index is -0.978. The number of nitrogens with one attached hydrogen (secondary N) is 1. The Labute approximate surface area is 167 Å². The van der Waals surface area contributed by atoms with Gasteiger partial charge < -0.3 is 19.4 Å². The van der Waals surface area contributed by atoms with Gasteiger partial charge in [0.2, 0.25) is 0 Å². The maximum absolute atomic E-state index is 12.7. The van der Waals surface area contributed by atoms with Crippen LogP contribution in [-0.4, -0.2) is 35.4 Å². The second kappa shape index (κ2) is 6.69. The minimum absolute atomic E-state index is 0.00239. The van der Waals surface area contributed by atoms with Crippen LogP contribution in [0.3, 0.4) is 0 Å². The van der Waals surface area contributed by atoms with Crippen LogP contribution in [0.25, 0.3) is 0 Å². The zero-order chi connectivity index (χ0) is 20.3. The van der Waals surface area contributed by atoms with Crippen LogP contribution in [0.2, 0.25) is 0 Å². The highest BCUT2D eigenvalue weighted by atomic mass is 16.8. The summed E-state index contributed by atoms with van der Waals surface area (Å²) in [6, 6.07) is 10.5. The molecule has 1 aromatic heterocycles. The monoisotopic (exact) mass is 397 g/mol. The number of hydrogen-bond donors (Lipinski definition) is 2. The molecular weight excluding hydrogens is 374 g/mol. The molecule has 1 fully saturated rings. The summed E-state index contributed by atoms with van der Waals surface area (Å²) in [5, 5.41) is 19.8. The molecule has 1 saturated heterocycles. The average molecular weight is 397 g/mol. The number of anilines is 1. The third-order valence-electron chi connectivity index (χ3n) is 6.76. The number of benzene rings is 1. The summed E-state index contributed by atoms with van der Waals surface area (Å²) in [7, 11) is 1.39. The van der Waals surface area contributed by atoms with Crippen molar-refractivity contribution in [2.24, 2.45) is 11.8 Å². The topological polar surface area (TPSA) is 99.3 Å². The van der Waals surface area contributed by atoms with Gasteiger partial charge in [-0.15, -0.1) is 0 Å². The van der Waals surface area contributed by atoms with Gasteiger partial charge in [-0.2, -0.15) is 5.23 Å². The Balaban J connectivity index is 1.62. The molecule has 2 aromatic rings. The SMILES string of the molecule is COC(=O)C1Cc2cc([NH+]([O-])O)ccc2N2CC3CC(Cn4c3cccc4=O)C12. The van der Waals surface area contributed by atoms with E-state index in [0.717, 1.165) is 23.4 Å². The van der Waals surface area contributed by atoms with Gasteiger partial charge in [0.25, 0.3) is 5.56 Å². The molecule has 3 aliphatic rings. The Bertz CT molecular complexity index is 1030. The van der Waals surface area contributed by atoms with Crippen LogP contribution in [0, 0.1) is 17.0 Å². The van der Waals surface area contributed by atoms with E-state index >= 15 is 0 Å². The number of esters is 1. The summed E-state index contributed by atoms with van der Waals surface area (Å²) in [5.41, 5.74) is 3.11. The lowest BCUT2D eigenvalue weighted by atomic mass is 9.70. The minimum Gasteiger partial charge on any atom is -0.595 e. The van der Waals surface area contributed by atoms with E-state index in [1.807, 2.05) is 16.7 Å². The van der Waals surface area contributed by atoms with Gasteiger partial charge in [-0.1, -0.05) is 6.07 Å². The lowest BCUT2D eigenvalue weighted by Gasteiger charge is -2.54. The van der Waals surface area contributed by atoms with E-state index in [0.29, 0.717) is 19.5 Å². The number of pyridine rings is 1. The third kappa shape index (κ3) is 2.78. The molecule has 0 saturated carbocycles. The van der Waals surface area contributed by atoms with Gasteiger partial charge in [-0.05, 0) is 36.5 Å². The molecule has 152 valence electrons. The maximum Gasteiger partial charge on any atom is 0.311 e. The predicted molar refractivity (Wildman–Crippen MR) is 104 cm³/mol. The molecule has 4 heterocycles. The fourth-order valence-electron chi connectivity index (χ4n) is 5.61. The number of methoxy groups -OCH3 is 1. The summed E-state index contributed by atoms with van der Waals surface area (Å²) in [5.74, 6) is -0.320. The van der Waals surface area contributed by atoms with Crippen molar-refractivity contribution < 1.29 is 20.0 Å². The number of piperidine rings is 1. The summed E-state index contributed by atoms with van der Waals surface area (Å²) in [4.78, 5) is 27.4. The molecule has 0 spiro atoms. The average Bonchev–Trinajstić information content (AvgIpc) is 2.73. The van der Waals surface area contributed by atoms with Gasteiger partial charge in [0.05, 0.1) is 13.0 Å². The zero-order valence-electron chi connectivity index (χ0n) is 16.1. The van der Waals surface area contributed by atoms with Gasteiger partial charge in [0.1, 0.15) is 0 Å². The first kappa shape index (κ1) is 18.4. The van der Waals surface area contributed by atoms with E-state index in [1.54, 1.807) is 24.3 Å². The van der Waals surface area contributed by atoms with Crippen molar-refractivity contribution in [2.45, 2.75) is 31.3 Å². The predicted octanol–water partition coefficient (Wildman–Crippen LogP) is 0.589. The molecule has 5 unspecified atom stereocenters. The van der Waals surface area contributed by atoms with Gasteiger partial charge in [0, 0.05) is 54.6 Å². The molecular formula is C21H23N3O5. The zero-order valence-corrected chi connectivity index (χ0v) is 16.1. The second-order valence-corrected chi connectivity index (χ2v) is 8.22. The Kier molecular flexibility index (Phi) is 4.23. The van der Waals surface area contributed by atoms with Crippen LogP contribution in [0.4, 0.5) is 11.4 Å². The first-order chi connectivity index (χ1) is 14.0. The Hall–Kier alpha value is -2.68. The number of hydrogen-bond acceptors (Lipinski definition) is 6. The molecule has 5 atom stereocenters. The van der Waals surface area contributed by atoms with Crippen LogP contribution in [0.15, 0.2) is 41.2 Å². The highest BCUT2D eigenvalue weighted by Crippen LogP contribution is 2.47. The largest absolute Gasteiger partial charge is 0.595 e. The van der Waals surface area contributed by atoms with Crippen LogP contribution < -0.4 is 15.7 Å². The fourth-order valence-corrected chi connectivity index (χ4v) is 5.61. The molecule has 3 aliphatic heterocycles. The van der Waals surface area contributed by atoms with Crippen molar-refractivity contribution in [3.05, 3.63) is 63.2 Å². The van der Waals surface area contributed by atoms with Crippen LogP contribution >= 0.6 is 0 Å². The van der Waals surface area contributed by atoms with E-state index in [1.165, 1.54) is 7.11 Å². The molecule has 1 aromatic carbocycles. The van der Waals surface area contributed by atoms with Gasteiger partial charge in [0.15, 0.2) is 5.69 Å². The molecule has 8 nitrogen and oxygen atoms in total. The molecule has 8 heteroatoms. The summed E-state index contributed by atoms with van der Waals surface area (Å²) in [6.07, 6.45) is 1.38. The molecule has 0 amide bonds. The Morgan fingerprint density at radius 2 is 2.10 bits per heavy atom. The van der Waals surface area contributed by atoms with Crippen molar-refractivity contribution in [2.75, 3.05) is 18.6 Å². The number of ether oxygens (including phenoxy) is 1. The number of rotatable bonds is 2. The van der Waals surface area contributed by atoms with E-state index in [9.17, 15) is 20.0 Å². The summed E-state index contributed by atoms with van der Waals surface area (Å²) < 4.78 is 6.97. The van der Waals surface area contributed by atoms with Crippen molar-refractivity contribution in [3.63, 3.8) is 0 Å². The van der Waals surface area contributed by atoms with Crippen LogP contribution in [0.1, 0.15) is 23.6 Å². The Morgan fingerprint density at radius 1 is 1.28 bits per heavy atom. The van der Waals surface area contributed by atoms with Crippen molar-refractivity contribution in [1.29, 1.82) is 0 Å². The van der Waals surface area contributed by atoms with Crippen molar-refractivity contribution in [3.8, 4) is 0 Å². The molecule has 29 heavy (non-hydrogen) atoms. The van der Waals surface area contributed by atoms with E-state index in [-0.39, 0.29) is 41.0 Å². The van der Waals surface area contributed by atoms with Crippen LogP contribution in [0.5, 0.6) is 0 Å². The number of nitrogens with zero attached hydrogens (tertiary/aromatic N) is 2. The van der Waals surface area contributed by atoms with Crippen molar-refractivity contribution in [1.82, 2.24) is 4.57 Å². The summed E-state index contributed by atoms with van der Waals surface area (Å²) in [6.45, 7) is 1.28. The fraction of sp³-hybridized carbons (Fsp3) is 0.429. The first-order valence-corrected chi connectivity index (χ1v) is 9.88. The lowest BCUT2D eigenvalue weighted by Crippen LogP contribution is -2.99. The number of carbonyl (C=O) groups is 1. The maximum atomic E-state index is 12.7. The second-order valence-electron chi connectivity index (χ2n) is 8.22.